The topological polar surface area (TPSA) is 49.6 Å². The van der Waals surface area contributed by atoms with Gasteiger partial charge in [-0.15, -0.1) is 0 Å². The molecule has 0 saturated heterocycles. The summed E-state index contributed by atoms with van der Waals surface area (Å²) in [4.78, 5) is 15.0. The Morgan fingerprint density at radius 1 is 1.19 bits per heavy atom. The van der Waals surface area contributed by atoms with E-state index in [0.717, 1.165) is 12.2 Å². The summed E-state index contributed by atoms with van der Waals surface area (Å²) in [6.45, 7) is 1.55. The maximum atomic E-state index is 11.2. The first-order chi connectivity index (χ1) is 7.65. The molecule has 0 fully saturated rings. The number of hydrogen-bond donors (Lipinski definition) is 1. The van der Waals surface area contributed by atoms with E-state index in [2.05, 4.69) is 4.90 Å². The van der Waals surface area contributed by atoms with Crippen molar-refractivity contribution >= 4 is 11.6 Å². The van der Waals surface area contributed by atoms with Crippen LogP contribution in [0.1, 0.15) is 0 Å². The fourth-order valence-corrected chi connectivity index (χ4v) is 1.39. The van der Waals surface area contributed by atoms with Crippen LogP contribution in [-0.2, 0) is 4.79 Å². The summed E-state index contributed by atoms with van der Waals surface area (Å²) in [5.41, 5.74) is 6.43. The average Bonchev–Trinajstić information content (AvgIpc) is 2.35. The SMILES string of the molecule is CN(CCN(C)c1ccccc1)C(=O)CN. The van der Waals surface area contributed by atoms with Gasteiger partial charge in [-0.05, 0) is 12.1 Å². The van der Waals surface area contributed by atoms with Crippen LogP contribution >= 0.6 is 0 Å². The summed E-state index contributed by atoms with van der Waals surface area (Å²) in [6.07, 6.45) is 0. The van der Waals surface area contributed by atoms with E-state index < -0.39 is 0 Å². The largest absolute Gasteiger partial charge is 0.373 e. The Kier molecular flexibility index (Phi) is 4.79. The Balaban J connectivity index is 2.41. The highest BCUT2D eigenvalue weighted by Gasteiger charge is 2.07. The number of anilines is 1. The van der Waals surface area contributed by atoms with Crippen molar-refractivity contribution in [2.75, 3.05) is 38.6 Å². The van der Waals surface area contributed by atoms with Crippen LogP contribution < -0.4 is 10.6 Å². The summed E-state index contributed by atoms with van der Waals surface area (Å²) in [5.74, 6) is -0.0264. The fourth-order valence-electron chi connectivity index (χ4n) is 1.39. The van der Waals surface area contributed by atoms with Gasteiger partial charge in [0.15, 0.2) is 0 Å². The molecule has 88 valence electrons. The molecule has 1 rings (SSSR count). The van der Waals surface area contributed by atoms with Gasteiger partial charge in [0.2, 0.25) is 5.91 Å². The van der Waals surface area contributed by atoms with Gasteiger partial charge in [0, 0.05) is 32.9 Å². The molecule has 16 heavy (non-hydrogen) atoms. The zero-order valence-corrected chi connectivity index (χ0v) is 9.89. The summed E-state index contributed by atoms with van der Waals surface area (Å²) in [6, 6.07) is 10.1. The van der Waals surface area contributed by atoms with Gasteiger partial charge in [-0.1, -0.05) is 18.2 Å². The van der Waals surface area contributed by atoms with Crippen molar-refractivity contribution in [3.05, 3.63) is 30.3 Å². The highest BCUT2D eigenvalue weighted by molar-refractivity contribution is 5.77. The van der Waals surface area contributed by atoms with Crippen molar-refractivity contribution in [3.63, 3.8) is 0 Å². The van der Waals surface area contributed by atoms with E-state index in [4.69, 9.17) is 5.73 Å². The smallest absolute Gasteiger partial charge is 0.236 e. The lowest BCUT2D eigenvalue weighted by molar-refractivity contribution is -0.128. The predicted octanol–water partition coefficient (Wildman–Crippen LogP) is 0.540. The minimum atomic E-state index is -0.0264. The van der Waals surface area contributed by atoms with E-state index in [1.807, 2.05) is 37.4 Å². The molecular formula is C12H19N3O. The Morgan fingerprint density at radius 2 is 1.81 bits per heavy atom. The van der Waals surface area contributed by atoms with Crippen LogP contribution in [0.25, 0.3) is 0 Å². The molecule has 0 aromatic heterocycles. The van der Waals surface area contributed by atoms with Gasteiger partial charge >= 0.3 is 0 Å². The molecule has 0 aliphatic rings. The third-order valence-electron chi connectivity index (χ3n) is 2.57. The van der Waals surface area contributed by atoms with Crippen LogP contribution in [-0.4, -0.2) is 44.5 Å². The molecule has 0 spiro atoms. The van der Waals surface area contributed by atoms with Crippen LogP contribution in [0.15, 0.2) is 30.3 Å². The number of likely N-dealkylation sites (N-methyl/N-ethyl adjacent to an activating group) is 2. The number of nitrogens with two attached hydrogens (primary N) is 1. The van der Waals surface area contributed by atoms with Gasteiger partial charge < -0.3 is 15.5 Å². The number of hydrogen-bond acceptors (Lipinski definition) is 3. The second-order valence-corrected chi connectivity index (χ2v) is 3.78. The van der Waals surface area contributed by atoms with E-state index >= 15 is 0 Å². The van der Waals surface area contributed by atoms with Crippen LogP contribution in [0.3, 0.4) is 0 Å². The van der Waals surface area contributed by atoms with Gasteiger partial charge in [0.1, 0.15) is 0 Å². The van der Waals surface area contributed by atoms with Crippen molar-refractivity contribution in [2.45, 2.75) is 0 Å². The lowest BCUT2D eigenvalue weighted by Crippen LogP contribution is -2.38. The summed E-state index contributed by atoms with van der Waals surface area (Å²) in [5, 5.41) is 0. The Labute approximate surface area is 96.6 Å². The first kappa shape index (κ1) is 12.5. The molecule has 4 nitrogen and oxygen atoms in total. The van der Waals surface area contributed by atoms with E-state index in [9.17, 15) is 4.79 Å². The minimum Gasteiger partial charge on any atom is -0.373 e. The van der Waals surface area contributed by atoms with Crippen molar-refractivity contribution < 1.29 is 4.79 Å². The number of amides is 1. The second kappa shape index (κ2) is 6.12. The maximum absolute atomic E-state index is 11.2. The minimum absolute atomic E-state index is 0.0264. The van der Waals surface area contributed by atoms with Crippen LogP contribution in [0.2, 0.25) is 0 Å². The zero-order valence-electron chi connectivity index (χ0n) is 9.89. The van der Waals surface area contributed by atoms with E-state index in [0.29, 0.717) is 6.54 Å². The molecule has 0 aliphatic carbocycles. The molecule has 0 heterocycles. The van der Waals surface area contributed by atoms with E-state index in [-0.39, 0.29) is 12.5 Å². The van der Waals surface area contributed by atoms with Gasteiger partial charge in [-0.3, -0.25) is 4.79 Å². The number of rotatable bonds is 5. The van der Waals surface area contributed by atoms with Crippen molar-refractivity contribution in [2.24, 2.45) is 5.73 Å². The zero-order chi connectivity index (χ0) is 12.0. The van der Waals surface area contributed by atoms with Crippen LogP contribution in [0.5, 0.6) is 0 Å². The standard InChI is InChI=1S/C12H19N3O/c1-14(11-6-4-3-5-7-11)8-9-15(2)12(16)10-13/h3-7H,8-10,13H2,1-2H3. The second-order valence-electron chi connectivity index (χ2n) is 3.78. The molecule has 1 amide bonds. The quantitative estimate of drug-likeness (QED) is 0.789. The highest BCUT2D eigenvalue weighted by Crippen LogP contribution is 2.10. The molecule has 2 N–H and O–H groups in total. The first-order valence-electron chi connectivity index (χ1n) is 5.35. The Morgan fingerprint density at radius 3 is 2.38 bits per heavy atom. The lowest BCUT2D eigenvalue weighted by atomic mass is 10.3. The Hall–Kier alpha value is -1.55. The molecule has 0 aliphatic heterocycles. The highest BCUT2D eigenvalue weighted by atomic mass is 16.2. The average molecular weight is 221 g/mol. The molecule has 1 aromatic carbocycles. The van der Waals surface area contributed by atoms with Gasteiger partial charge in [0.05, 0.1) is 6.54 Å². The van der Waals surface area contributed by atoms with Crippen molar-refractivity contribution in [1.29, 1.82) is 0 Å². The van der Waals surface area contributed by atoms with Gasteiger partial charge in [-0.2, -0.15) is 0 Å². The molecule has 0 atom stereocenters. The number of nitrogens with zero attached hydrogens (tertiary/aromatic N) is 2. The van der Waals surface area contributed by atoms with Gasteiger partial charge in [-0.25, -0.2) is 0 Å². The van der Waals surface area contributed by atoms with E-state index in [1.165, 1.54) is 0 Å². The summed E-state index contributed by atoms with van der Waals surface area (Å²) < 4.78 is 0. The predicted molar refractivity (Wildman–Crippen MR) is 66.4 cm³/mol. The third kappa shape index (κ3) is 3.55. The monoisotopic (exact) mass is 221 g/mol. The van der Waals surface area contributed by atoms with Crippen molar-refractivity contribution in [1.82, 2.24) is 4.90 Å². The van der Waals surface area contributed by atoms with Crippen LogP contribution in [0.4, 0.5) is 5.69 Å². The van der Waals surface area contributed by atoms with Crippen molar-refractivity contribution in [3.8, 4) is 0 Å². The molecule has 0 bridgehead atoms. The number of benzene rings is 1. The molecule has 4 heteroatoms. The maximum Gasteiger partial charge on any atom is 0.236 e. The first-order valence-corrected chi connectivity index (χ1v) is 5.35. The molecule has 0 saturated carbocycles. The normalized spacial score (nSPS) is 9.94. The number of para-hydroxylation sites is 1. The van der Waals surface area contributed by atoms with E-state index in [1.54, 1.807) is 11.9 Å². The fraction of sp³-hybridized carbons (Fsp3) is 0.417. The molecule has 1 aromatic rings. The lowest BCUT2D eigenvalue weighted by Gasteiger charge is -2.23. The number of carbonyl (C=O) groups excluding carboxylic acids is 1. The molecular weight excluding hydrogens is 202 g/mol. The molecule has 0 unspecified atom stereocenters. The Bertz CT molecular complexity index is 326. The van der Waals surface area contributed by atoms with Crippen LogP contribution in [0, 0.1) is 0 Å². The third-order valence-corrected chi connectivity index (χ3v) is 2.57. The van der Waals surface area contributed by atoms with Gasteiger partial charge in [0.25, 0.3) is 0 Å². The summed E-state index contributed by atoms with van der Waals surface area (Å²) >= 11 is 0. The summed E-state index contributed by atoms with van der Waals surface area (Å²) in [7, 11) is 3.78. The molecule has 0 radical (unpaired) electrons. The number of carbonyl (C=O) groups is 1.